The lowest BCUT2D eigenvalue weighted by Gasteiger charge is -2.42. The van der Waals surface area contributed by atoms with E-state index >= 15 is 0 Å². The highest BCUT2D eigenvalue weighted by molar-refractivity contribution is 5.09. The molecule has 2 nitrogen and oxygen atoms in total. The molecule has 0 aliphatic heterocycles. The Bertz CT molecular complexity index is 321. The third-order valence-corrected chi connectivity index (χ3v) is 5.28. The van der Waals surface area contributed by atoms with Gasteiger partial charge in [-0.05, 0) is 55.3 Å². The van der Waals surface area contributed by atoms with Crippen molar-refractivity contribution in [2.45, 2.75) is 58.5 Å². The predicted octanol–water partition coefficient (Wildman–Crippen LogP) is 3.14. The molecule has 0 aromatic heterocycles. The normalized spacial score (nSPS) is 40.9. The van der Waals surface area contributed by atoms with Crippen molar-refractivity contribution in [1.29, 1.82) is 0 Å². The number of hydrogen-bond acceptors (Lipinski definition) is 2. The van der Waals surface area contributed by atoms with Crippen molar-refractivity contribution < 1.29 is 10.2 Å². The zero-order chi connectivity index (χ0) is 13.4. The van der Waals surface area contributed by atoms with Gasteiger partial charge in [0.1, 0.15) is 0 Å². The largest absolute Gasteiger partial charge is 0.396 e. The van der Waals surface area contributed by atoms with Crippen LogP contribution in [0.2, 0.25) is 0 Å². The predicted molar refractivity (Wildman–Crippen MR) is 74.2 cm³/mol. The molecule has 2 N–H and O–H groups in total. The third-order valence-electron chi connectivity index (χ3n) is 5.28. The van der Waals surface area contributed by atoms with Crippen molar-refractivity contribution in [1.82, 2.24) is 0 Å². The van der Waals surface area contributed by atoms with Crippen LogP contribution in [0.5, 0.6) is 0 Å². The first-order valence-electron chi connectivity index (χ1n) is 7.39. The Kier molecular flexibility index (Phi) is 3.89. The maximum atomic E-state index is 10.7. The van der Waals surface area contributed by atoms with Crippen molar-refractivity contribution in [3.05, 3.63) is 12.2 Å². The van der Waals surface area contributed by atoms with Crippen molar-refractivity contribution in [3.8, 4) is 0 Å². The molecule has 2 fully saturated rings. The van der Waals surface area contributed by atoms with Crippen LogP contribution < -0.4 is 0 Å². The molecule has 0 spiro atoms. The average Bonchev–Trinajstić information content (AvgIpc) is 2.62. The fourth-order valence-corrected chi connectivity index (χ4v) is 3.84. The highest BCUT2D eigenvalue weighted by Crippen LogP contribution is 2.55. The van der Waals surface area contributed by atoms with Gasteiger partial charge in [-0.15, -0.1) is 0 Å². The summed E-state index contributed by atoms with van der Waals surface area (Å²) in [6.07, 6.45) is 9.51. The lowest BCUT2D eigenvalue weighted by molar-refractivity contribution is -0.0111. The lowest BCUT2D eigenvalue weighted by Crippen LogP contribution is -2.39. The highest BCUT2D eigenvalue weighted by atomic mass is 16.3. The molecule has 2 rings (SSSR count). The first kappa shape index (κ1) is 14.1. The summed E-state index contributed by atoms with van der Waals surface area (Å²) in [4.78, 5) is 0. The van der Waals surface area contributed by atoms with E-state index in [1.807, 2.05) is 19.1 Å². The minimum atomic E-state index is -0.633. The minimum Gasteiger partial charge on any atom is -0.396 e. The van der Waals surface area contributed by atoms with Crippen LogP contribution in [0.25, 0.3) is 0 Å². The summed E-state index contributed by atoms with van der Waals surface area (Å²) < 4.78 is 0. The van der Waals surface area contributed by atoms with Crippen LogP contribution in [0.1, 0.15) is 52.9 Å². The molecule has 2 aliphatic rings. The molecule has 2 heteroatoms. The van der Waals surface area contributed by atoms with Crippen molar-refractivity contribution in [2.75, 3.05) is 6.61 Å². The van der Waals surface area contributed by atoms with E-state index in [-0.39, 0.29) is 12.5 Å². The molecule has 18 heavy (non-hydrogen) atoms. The fourth-order valence-electron chi connectivity index (χ4n) is 3.84. The second kappa shape index (κ2) is 4.97. The van der Waals surface area contributed by atoms with Crippen molar-refractivity contribution >= 4 is 0 Å². The molecule has 0 saturated heterocycles. The molecule has 0 aromatic rings. The summed E-state index contributed by atoms with van der Waals surface area (Å²) in [6, 6.07) is 0. The Morgan fingerprint density at radius 2 is 1.94 bits per heavy atom. The van der Waals surface area contributed by atoms with E-state index in [1.54, 1.807) is 0 Å². The van der Waals surface area contributed by atoms with Gasteiger partial charge in [0.25, 0.3) is 0 Å². The number of aliphatic hydroxyl groups is 2. The Morgan fingerprint density at radius 3 is 2.61 bits per heavy atom. The summed E-state index contributed by atoms with van der Waals surface area (Å²) in [5, 5.41) is 19.8. The maximum Gasteiger partial charge on any atom is 0.0830 e. The number of hydrogen-bond donors (Lipinski definition) is 2. The Balaban J connectivity index is 2.06. The average molecular weight is 252 g/mol. The summed E-state index contributed by atoms with van der Waals surface area (Å²) in [5.41, 5.74) is -0.248. The molecule has 2 saturated carbocycles. The third kappa shape index (κ3) is 2.80. The van der Waals surface area contributed by atoms with Gasteiger partial charge in [-0.3, -0.25) is 0 Å². The van der Waals surface area contributed by atoms with E-state index in [0.29, 0.717) is 11.3 Å². The molecule has 0 aromatic carbocycles. The van der Waals surface area contributed by atoms with E-state index in [1.165, 1.54) is 12.8 Å². The molecule has 0 amide bonds. The first-order chi connectivity index (χ1) is 8.36. The summed E-state index contributed by atoms with van der Waals surface area (Å²) in [7, 11) is 0. The number of fused-ring (bicyclic) bond motifs is 1. The van der Waals surface area contributed by atoms with Crippen LogP contribution in [0.3, 0.4) is 0 Å². The van der Waals surface area contributed by atoms with Crippen molar-refractivity contribution in [2.24, 2.45) is 23.2 Å². The molecule has 104 valence electrons. The quantitative estimate of drug-likeness (QED) is 0.758. The zero-order valence-corrected chi connectivity index (χ0v) is 12.0. The van der Waals surface area contributed by atoms with Crippen LogP contribution in [-0.4, -0.2) is 22.4 Å². The van der Waals surface area contributed by atoms with E-state index in [4.69, 9.17) is 5.11 Å². The zero-order valence-electron chi connectivity index (χ0n) is 12.0. The number of rotatable bonds is 3. The van der Waals surface area contributed by atoms with Gasteiger partial charge in [0, 0.05) is 6.61 Å². The maximum absolute atomic E-state index is 10.7. The minimum absolute atomic E-state index is 0.142. The van der Waals surface area contributed by atoms with Gasteiger partial charge < -0.3 is 10.2 Å². The first-order valence-corrected chi connectivity index (χ1v) is 7.39. The van der Waals surface area contributed by atoms with Crippen LogP contribution in [-0.2, 0) is 0 Å². The van der Waals surface area contributed by atoms with E-state index in [9.17, 15) is 5.11 Å². The molecule has 0 radical (unpaired) electrons. The van der Waals surface area contributed by atoms with Crippen molar-refractivity contribution in [3.63, 3.8) is 0 Å². The Labute approximate surface area is 111 Å². The van der Waals surface area contributed by atoms with Gasteiger partial charge in [0.15, 0.2) is 0 Å². The smallest absolute Gasteiger partial charge is 0.0830 e. The van der Waals surface area contributed by atoms with E-state index in [2.05, 4.69) is 13.8 Å². The SMILES string of the molecule is CC(/C=C/C1(O)CCC2CCC(C)(C)C2C1)CO. The van der Waals surface area contributed by atoms with E-state index in [0.717, 1.165) is 25.2 Å². The van der Waals surface area contributed by atoms with Gasteiger partial charge in [-0.2, -0.15) is 0 Å². The monoisotopic (exact) mass is 252 g/mol. The standard InChI is InChI=1S/C16H28O2/c1-12(11-17)4-8-16(18)9-6-13-5-7-15(2,3)14(13)10-16/h4,8,12-14,17-18H,5-7,9-11H2,1-3H3/b8-4+. The molecule has 0 heterocycles. The molecule has 4 atom stereocenters. The Hall–Kier alpha value is -0.340. The van der Waals surface area contributed by atoms with Crippen LogP contribution in [0.15, 0.2) is 12.2 Å². The summed E-state index contributed by atoms with van der Waals surface area (Å²) in [6.45, 7) is 6.84. The molecular formula is C16H28O2. The number of aliphatic hydroxyl groups excluding tert-OH is 1. The Morgan fingerprint density at radius 1 is 1.28 bits per heavy atom. The lowest BCUT2D eigenvalue weighted by atomic mass is 9.66. The van der Waals surface area contributed by atoms with Gasteiger partial charge in [0.2, 0.25) is 0 Å². The fraction of sp³-hybridized carbons (Fsp3) is 0.875. The molecule has 4 unspecified atom stereocenters. The van der Waals surface area contributed by atoms with E-state index < -0.39 is 5.60 Å². The summed E-state index contributed by atoms with van der Waals surface area (Å²) in [5.74, 6) is 1.62. The molecular weight excluding hydrogens is 224 g/mol. The second-order valence-electron chi connectivity index (χ2n) is 7.26. The van der Waals surface area contributed by atoms with Gasteiger partial charge in [0.05, 0.1) is 5.60 Å². The van der Waals surface area contributed by atoms with Gasteiger partial charge >= 0.3 is 0 Å². The molecule has 0 bridgehead atoms. The second-order valence-corrected chi connectivity index (χ2v) is 7.26. The van der Waals surface area contributed by atoms with Gasteiger partial charge in [-0.1, -0.05) is 32.9 Å². The van der Waals surface area contributed by atoms with Crippen LogP contribution in [0, 0.1) is 23.2 Å². The van der Waals surface area contributed by atoms with Crippen LogP contribution >= 0.6 is 0 Å². The highest BCUT2D eigenvalue weighted by Gasteiger charge is 2.48. The summed E-state index contributed by atoms with van der Waals surface area (Å²) >= 11 is 0. The molecule has 2 aliphatic carbocycles. The topological polar surface area (TPSA) is 40.5 Å². The van der Waals surface area contributed by atoms with Gasteiger partial charge in [-0.25, -0.2) is 0 Å². The van der Waals surface area contributed by atoms with Crippen LogP contribution in [0.4, 0.5) is 0 Å².